The number of benzene rings is 1. The summed E-state index contributed by atoms with van der Waals surface area (Å²) in [4.78, 5) is 16.6. The lowest BCUT2D eigenvalue weighted by molar-refractivity contribution is -0.127. The Morgan fingerprint density at radius 3 is 2.74 bits per heavy atom. The molecule has 2 N–H and O–H groups in total. The molecule has 2 atom stereocenters. The average Bonchev–Trinajstić information content (AvgIpc) is 2.95. The van der Waals surface area contributed by atoms with E-state index in [0.29, 0.717) is 24.1 Å². The van der Waals surface area contributed by atoms with Crippen LogP contribution in [0.1, 0.15) is 37.2 Å². The molecule has 2 heterocycles. The lowest BCUT2D eigenvalue weighted by Gasteiger charge is -2.32. The van der Waals surface area contributed by atoms with Crippen LogP contribution in [-0.4, -0.2) is 29.1 Å². The minimum absolute atomic E-state index is 0.00519. The summed E-state index contributed by atoms with van der Waals surface area (Å²) in [7, 11) is 0. The minimum atomic E-state index is -0.258. The number of nitrogens with zero attached hydrogens (tertiary/aromatic N) is 2. The summed E-state index contributed by atoms with van der Waals surface area (Å²) in [6, 6.07) is 9.70. The molecule has 0 saturated carbocycles. The van der Waals surface area contributed by atoms with Crippen LogP contribution in [0.5, 0.6) is 0 Å². The normalized spacial score (nSPS) is 17.3. The van der Waals surface area contributed by atoms with E-state index >= 15 is 0 Å². The Morgan fingerprint density at radius 1 is 1.35 bits per heavy atom. The van der Waals surface area contributed by atoms with E-state index in [-0.39, 0.29) is 17.9 Å². The first kappa shape index (κ1) is 15.7. The van der Waals surface area contributed by atoms with Crippen LogP contribution in [0, 0.1) is 11.8 Å². The van der Waals surface area contributed by atoms with Crippen LogP contribution in [-0.2, 0) is 11.2 Å². The lowest BCUT2D eigenvalue weighted by Crippen LogP contribution is -2.49. The quantitative estimate of drug-likeness (QED) is 0.848. The zero-order valence-corrected chi connectivity index (χ0v) is 13.5. The Hall–Kier alpha value is -2.21. The van der Waals surface area contributed by atoms with Gasteiger partial charge in [0.15, 0.2) is 5.82 Å². The van der Waals surface area contributed by atoms with E-state index in [1.54, 1.807) is 0 Å². The number of rotatable bonds is 6. The zero-order chi connectivity index (χ0) is 16.2. The van der Waals surface area contributed by atoms with E-state index in [2.05, 4.69) is 20.8 Å². The molecule has 3 rings (SSSR count). The second-order valence-electron chi connectivity index (χ2n) is 6.15. The van der Waals surface area contributed by atoms with Crippen molar-refractivity contribution in [1.82, 2.24) is 20.8 Å². The van der Waals surface area contributed by atoms with Gasteiger partial charge in [0.1, 0.15) is 0 Å². The highest BCUT2D eigenvalue weighted by molar-refractivity contribution is 5.79. The Bertz CT molecular complexity index is 652. The van der Waals surface area contributed by atoms with Crippen molar-refractivity contribution in [3.8, 4) is 0 Å². The lowest BCUT2D eigenvalue weighted by atomic mass is 9.88. The van der Waals surface area contributed by atoms with Gasteiger partial charge >= 0.3 is 0 Å². The first-order chi connectivity index (χ1) is 11.1. The number of aromatic nitrogens is 2. The average molecular weight is 314 g/mol. The Labute approximate surface area is 135 Å². The van der Waals surface area contributed by atoms with Crippen LogP contribution in [0.15, 0.2) is 34.9 Å². The molecule has 0 radical (unpaired) electrons. The van der Waals surface area contributed by atoms with Gasteiger partial charge in [-0.25, -0.2) is 0 Å². The summed E-state index contributed by atoms with van der Waals surface area (Å²) >= 11 is 0. The first-order valence-electron chi connectivity index (χ1n) is 8.01. The van der Waals surface area contributed by atoms with Crippen LogP contribution in [0.2, 0.25) is 0 Å². The summed E-state index contributed by atoms with van der Waals surface area (Å²) in [5.74, 6) is 1.53. The summed E-state index contributed by atoms with van der Waals surface area (Å²) in [6.07, 6.45) is 0.596. The molecule has 0 bridgehead atoms. The first-order valence-corrected chi connectivity index (χ1v) is 8.01. The zero-order valence-electron chi connectivity index (χ0n) is 13.5. The fourth-order valence-electron chi connectivity index (χ4n) is 2.57. The van der Waals surface area contributed by atoms with Crippen LogP contribution < -0.4 is 10.6 Å². The molecule has 2 aromatic rings. The van der Waals surface area contributed by atoms with E-state index in [1.165, 1.54) is 0 Å². The van der Waals surface area contributed by atoms with Crippen molar-refractivity contribution in [2.75, 3.05) is 13.1 Å². The molecule has 1 saturated heterocycles. The molecule has 1 amide bonds. The topological polar surface area (TPSA) is 80.0 Å². The highest BCUT2D eigenvalue weighted by Crippen LogP contribution is 2.18. The summed E-state index contributed by atoms with van der Waals surface area (Å²) < 4.78 is 5.29. The van der Waals surface area contributed by atoms with Gasteiger partial charge in [0.25, 0.3) is 0 Å². The van der Waals surface area contributed by atoms with Crippen molar-refractivity contribution < 1.29 is 9.32 Å². The molecule has 122 valence electrons. The summed E-state index contributed by atoms with van der Waals surface area (Å²) in [5.41, 5.74) is 1.12. The van der Waals surface area contributed by atoms with Gasteiger partial charge < -0.3 is 15.2 Å². The maximum atomic E-state index is 12.2. The Kier molecular flexibility index (Phi) is 4.71. The maximum Gasteiger partial charge on any atom is 0.231 e. The molecule has 6 nitrogen and oxygen atoms in total. The third kappa shape index (κ3) is 3.76. The summed E-state index contributed by atoms with van der Waals surface area (Å²) in [6.45, 7) is 5.66. The third-order valence-electron chi connectivity index (χ3n) is 4.36. The van der Waals surface area contributed by atoms with E-state index in [0.717, 1.165) is 18.7 Å². The van der Waals surface area contributed by atoms with E-state index in [9.17, 15) is 4.79 Å². The van der Waals surface area contributed by atoms with Crippen molar-refractivity contribution in [2.24, 2.45) is 11.8 Å². The maximum absolute atomic E-state index is 12.2. The highest BCUT2D eigenvalue weighted by atomic mass is 16.5. The number of carbonyl (C=O) groups excluding carboxylic acids is 1. The van der Waals surface area contributed by atoms with Crippen molar-refractivity contribution in [3.63, 3.8) is 0 Å². The van der Waals surface area contributed by atoms with Crippen molar-refractivity contribution in [1.29, 1.82) is 0 Å². The standard InChI is InChI=1S/C17H22N4O2/c1-11(14-9-18-10-14)17(22)19-12(2)16-20-15(23-21-16)8-13-6-4-3-5-7-13/h3-7,11-12,14,18H,8-10H2,1-2H3,(H,19,22). The molecule has 1 aromatic carbocycles. The van der Waals surface area contributed by atoms with E-state index in [4.69, 9.17) is 4.52 Å². The van der Waals surface area contributed by atoms with Gasteiger partial charge in [0.2, 0.25) is 11.8 Å². The summed E-state index contributed by atoms with van der Waals surface area (Å²) in [5, 5.41) is 10.1. The fraction of sp³-hybridized carbons (Fsp3) is 0.471. The molecule has 1 aliphatic rings. The van der Waals surface area contributed by atoms with Gasteiger partial charge in [0, 0.05) is 5.92 Å². The molecule has 0 spiro atoms. The smallest absolute Gasteiger partial charge is 0.231 e. The van der Waals surface area contributed by atoms with E-state index in [1.807, 2.05) is 44.2 Å². The molecule has 1 aliphatic heterocycles. The molecular formula is C17H22N4O2. The van der Waals surface area contributed by atoms with Gasteiger partial charge in [-0.3, -0.25) is 4.79 Å². The van der Waals surface area contributed by atoms with Crippen molar-refractivity contribution >= 4 is 5.91 Å². The predicted octanol–water partition coefficient (Wildman–Crippen LogP) is 1.69. The third-order valence-corrected chi connectivity index (χ3v) is 4.36. The molecule has 1 aromatic heterocycles. The van der Waals surface area contributed by atoms with Gasteiger partial charge in [-0.15, -0.1) is 0 Å². The van der Waals surface area contributed by atoms with Crippen LogP contribution >= 0.6 is 0 Å². The molecule has 23 heavy (non-hydrogen) atoms. The molecule has 2 unspecified atom stereocenters. The van der Waals surface area contributed by atoms with E-state index < -0.39 is 0 Å². The fourth-order valence-corrected chi connectivity index (χ4v) is 2.57. The number of hydrogen-bond acceptors (Lipinski definition) is 5. The molecule has 0 aliphatic carbocycles. The van der Waals surface area contributed by atoms with Gasteiger partial charge in [-0.1, -0.05) is 42.4 Å². The minimum Gasteiger partial charge on any atom is -0.346 e. The number of nitrogens with one attached hydrogen (secondary N) is 2. The van der Waals surface area contributed by atoms with Crippen LogP contribution in [0.25, 0.3) is 0 Å². The Morgan fingerprint density at radius 2 is 2.09 bits per heavy atom. The number of carbonyl (C=O) groups is 1. The van der Waals surface area contributed by atoms with Crippen LogP contribution in [0.4, 0.5) is 0 Å². The van der Waals surface area contributed by atoms with Crippen molar-refractivity contribution in [2.45, 2.75) is 26.3 Å². The monoisotopic (exact) mass is 314 g/mol. The van der Waals surface area contributed by atoms with Gasteiger partial charge in [-0.2, -0.15) is 4.98 Å². The molecule has 1 fully saturated rings. The SMILES string of the molecule is CC(NC(=O)C(C)C1CNC1)c1noc(Cc2ccccc2)n1. The second-order valence-corrected chi connectivity index (χ2v) is 6.15. The number of hydrogen-bond donors (Lipinski definition) is 2. The Balaban J connectivity index is 1.57. The second kappa shape index (κ2) is 6.91. The van der Waals surface area contributed by atoms with Gasteiger partial charge in [-0.05, 0) is 31.5 Å². The largest absolute Gasteiger partial charge is 0.346 e. The van der Waals surface area contributed by atoms with Gasteiger partial charge in [0.05, 0.1) is 12.5 Å². The highest BCUT2D eigenvalue weighted by Gasteiger charge is 2.30. The molecular weight excluding hydrogens is 292 g/mol. The predicted molar refractivity (Wildman–Crippen MR) is 85.6 cm³/mol. The van der Waals surface area contributed by atoms with Crippen LogP contribution in [0.3, 0.4) is 0 Å². The molecule has 6 heteroatoms. The van der Waals surface area contributed by atoms with Crippen molar-refractivity contribution in [3.05, 3.63) is 47.6 Å². The number of amides is 1.